The van der Waals surface area contributed by atoms with Crippen LogP contribution in [0.5, 0.6) is 5.75 Å². The third-order valence-electron chi connectivity index (χ3n) is 3.27. The number of nitrogens with one attached hydrogen (secondary N) is 2. The summed E-state index contributed by atoms with van der Waals surface area (Å²) in [5.41, 5.74) is 3.79. The van der Waals surface area contributed by atoms with E-state index in [-0.39, 0.29) is 24.8 Å². The monoisotopic (exact) mass is 403 g/mol. The van der Waals surface area contributed by atoms with Gasteiger partial charge < -0.3 is 10.1 Å². The van der Waals surface area contributed by atoms with E-state index in [1.165, 1.54) is 6.21 Å². The number of benzene rings is 2. The van der Waals surface area contributed by atoms with Crippen molar-refractivity contribution in [3.63, 3.8) is 0 Å². The highest BCUT2D eigenvalue weighted by Crippen LogP contribution is 2.15. The summed E-state index contributed by atoms with van der Waals surface area (Å²) in [5.74, 6) is 0.237. The lowest BCUT2D eigenvalue weighted by molar-refractivity contribution is -0.120. The Bertz CT molecular complexity index is 760. The van der Waals surface area contributed by atoms with Gasteiger partial charge >= 0.3 is 0 Å². The van der Waals surface area contributed by atoms with Crippen LogP contribution >= 0.6 is 15.9 Å². The van der Waals surface area contributed by atoms with Crippen molar-refractivity contribution < 1.29 is 14.3 Å². The highest BCUT2D eigenvalue weighted by molar-refractivity contribution is 9.10. The Hall–Kier alpha value is -2.67. The van der Waals surface area contributed by atoms with Crippen molar-refractivity contribution in [3.8, 4) is 5.75 Å². The molecule has 130 valence electrons. The topological polar surface area (TPSA) is 79.8 Å². The quantitative estimate of drug-likeness (QED) is 0.550. The minimum Gasteiger partial charge on any atom is -0.497 e. The number of hydrogen-bond acceptors (Lipinski definition) is 4. The van der Waals surface area contributed by atoms with E-state index < -0.39 is 0 Å². The van der Waals surface area contributed by atoms with Crippen molar-refractivity contribution in [2.24, 2.45) is 5.10 Å². The number of nitrogens with zero attached hydrogens (tertiary/aromatic N) is 1. The molecule has 0 saturated carbocycles. The van der Waals surface area contributed by atoms with Gasteiger partial charge in [0, 0.05) is 17.4 Å². The maximum absolute atomic E-state index is 12.0. The molecule has 0 aliphatic carbocycles. The Morgan fingerprint density at radius 3 is 2.56 bits per heavy atom. The lowest BCUT2D eigenvalue weighted by Gasteiger charge is -2.06. The molecule has 2 aromatic rings. The van der Waals surface area contributed by atoms with Crippen LogP contribution in [0.15, 0.2) is 58.1 Å². The van der Waals surface area contributed by atoms with Gasteiger partial charge in [-0.15, -0.1) is 0 Å². The first kappa shape index (κ1) is 18.7. The number of carbonyl (C=O) groups excluding carboxylic acids is 2. The average Bonchev–Trinajstić information content (AvgIpc) is 2.62. The molecule has 0 radical (unpaired) electrons. The van der Waals surface area contributed by atoms with E-state index in [1.54, 1.807) is 37.4 Å². The van der Waals surface area contributed by atoms with Gasteiger partial charge in [0.05, 0.1) is 18.9 Å². The fraction of sp³-hybridized carbons (Fsp3) is 0.167. The van der Waals surface area contributed by atoms with E-state index in [1.807, 2.05) is 18.2 Å². The summed E-state index contributed by atoms with van der Waals surface area (Å²) in [6, 6.07) is 14.4. The van der Waals surface area contributed by atoms with Crippen LogP contribution in [0.25, 0.3) is 0 Å². The molecule has 6 nitrogen and oxygen atoms in total. The van der Waals surface area contributed by atoms with Crippen LogP contribution in [-0.4, -0.2) is 31.7 Å². The van der Waals surface area contributed by atoms with E-state index in [9.17, 15) is 9.59 Å². The largest absolute Gasteiger partial charge is 0.497 e. The van der Waals surface area contributed by atoms with Gasteiger partial charge in [0.15, 0.2) is 0 Å². The standard InChI is InChI=1S/C18H18BrN3O3/c1-25-14-8-6-13(7-9-14)12-21-22-17(23)10-11-20-18(24)15-4-2-3-5-16(15)19/h2-9,12H,10-11H2,1H3,(H,20,24)(H,22,23)/b21-12-. The summed E-state index contributed by atoms with van der Waals surface area (Å²) in [7, 11) is 1.60. The summed E-state index contributed by atoms with van der Waals surface area (Å²) in [4.78, 5) is 23.7. The van der Waals surface area contributed by atoms with Gasteiger partial charge in [-0.1, -0.05) is 12.1 Å². The number of ether oxygens (including phenoxy) is 1. The molecule has 0 aliphatic rings. The molecule has 0 aromatic heterocycles. The van der Waals surface area contributed by atoms with E-state index in [4.69, 9.17) is 4.74 Å². The lowest BCUT2D eigenvalue weighted by atomic mass is 10.2. The first-order valence-electron chi connectivity index (χ1n) is 7.59. The minimum atomic E-state index is -0.280. The highest BCUT2D eigenvalue weighted by atomic mass is 79.9. The molecule has 25 heavy (non-hydrogen) atoms. The molecule has 7 heteroatoms. The number of halogens is 1. The predicted molar refractivity (Wildman–Crippen MR) is 99.8 cm³/mol. The third-order valence-corrected chi connectivity index (χ3v) is 3.97. The van der Waals surface area contributed by atoms with Crippen LogP contribution in [0.1, 0.15) is 22.3 Å². The van der Waals surface area contributed by atoms with Gasteiger partial charge in [-0.05, 0) is 57.9 Å². The summed E-state index contributed by atoms with van der Waals surface area (Å²) in [6.07, 6.45) is 1.67. The van der Waals surface area contributed by atoms with Crippen molar-refractivity contribution in [2.75, 3.05) is 13.7 Å². The van der Waals surface area contributed by atoms with Crippen LogP contribution in [0.2, 0.25) is 0 Å². The molecule has 2 amide bonds. The predicted octanol–water partition coefficient (Wildman–Crippen LogP) is 2.73. The van der Waals surface area contributed by atoms with Gasteiger partial charge in [0.2, 0.25) is 5.91 Å². The molecular formula is C18H18BrN3O3. The molecule has 0 saturated heterocycles. The van der Waals surface area contributed by atoms with Crippen molar-refractivity contribution in [2.45, 2.75) is 6.42 Å². The maximum Gasteiger partial charge on any atom is 0.252 e. The maximum atomic E-state index is 12.0. The van der Waals surface area contributed by atoms with Gasteiger partial charge in [0.1, 0.15) is 5.75 Å². The van der Waals surface area contributed by atoms with Crippen LogP contribution in [-0.2, 0) is 4.79 Å². The molecule has 0 heterocycles. The van der Waals surface area contributed by atoms with Crippen LogP contribution in [0.3, 0.4) is 0 Å². The van der Waals surface area contributed by atoms with Gasteiger partial charge in [0.25, 0.3) is 5.91 Å². The van der Waals surface area contributed by atoms with Crippen LogP contribution in [0, 0.1) is 0 Å². The smallest absolute Gasteiger partial charge is 0.252 e. The molecule has 0 atom stereocenters. The van der Waals surface area contributed by atoms with Crippen LogP contribution in [0.4, 0.5) is 0 Å². The first-order valence-corrected chi connectivity index (χ1v) is 8.38. The second-order valence-electron chi connectivity index (χ2n) is 5.05. The molecule has 2 N–H and O–H groups in total. The number of amides is 2. The zero-order chi connectivity index (χ0) is 18.1. The zero-order valence-corrected chi connectivity index (χ0v) is 15.2. The second-order valence-corrected chi connectivity index (χ2v) is 5.91. The van der Waals surface area contributed by atoms with Crippen molar-refractivity contribution >= 4 is 34.0 Å². The third kappa shape index (κ3) is 6.04. The Balaban J connectivity index is 1.72. The summed E-state index contributed by atoms with van der Waals surface area (Å²) in [5, 5.41) is 6.58. The lowest BCUT2D eigenvalue weighted by Crippen LogP contribution is -2.29. The van der Waals surface area contributed by atoms with Gasteiger partial charge in [-0.25, -0.2) is 5.43 Å². The van der Waals surface area contributed by atoms with E-state index in [2.05, 4.69) is 31.8 Å². The number of hydrazone groups is 1. The Morgan fingerprint density at radius 1 is 1.16 bits per heavy atom. The zero-order valence-electron chi connectivity index (χ0n) is 13.7. The highest BCUT2D eigenvalue weighted by Gasteiger charge is 2.09. The van der Waals surface area contributed by atoms with Crippen molar-refractivity contribution in [1.82, 2.24) is 10.7 Å². The van der Waals surface area contributed by atoms with Gasteiger partial charge in [-0.2, -0.15) is 5.10 Å². The van der Waals surface area contributed by atoms with Gasteiger partial charge in [-0.3, -0.25) is 9.59 Å². The molecule has 0 fully saturated rings. The molecule has 0 bridgehead atoms. The van der Waals surface area contributed by atoms with Crippen molar-refractivity contribution in [1.29, 1.82) is 0 Å². The molecule has 2 aromatic carbocycles. The Kier molecular flexibility index (Phi) is 7.16. The van der Waals surface area contributed by atoms with E-state index >= 15 is 0 Å². The second kappa shape index (κ2) is 9.58. The van der Waals surface area contributed by atoms with Crippen molar-refractivity contribution in [3.05, 3.63) is 64.1 Å². The number of carbonyl (C=O) groups is 2. The molecule has 0 spiro atoms. The Labute approximate surface area is 154 Å². The SMILES string of the molecule is COc1ccc(/C=N\NC(=O)CCNC(=O)c2ccccc2Br)cc1. The molecular weight excluding hydrogens is 386 g/mol. The number of rotatable bonds is 7. The summed E-state index contributed by atoms with van der Waals surface area (Å²) < 4.78 is 5.77. The number of methoxy groups -OCH3 is 1. The number of hydrogen-bond donors (Lipinski definition) is 2. The fourth-order valence-electron chi connectivity index (χ4n) is 1.95. The normalized spacial score (nSPS) is 10.5. The molecule has 2 rings (SSSR count). The van der Waals surface area contributed by atoms with Crippen LogP contribution < -0.4 is 15.5 Å². The summed E-state index contributed by atoms with van der Waals surface area (Å²) >= 11 is 3.32. The molecule has 0 aliphatic heterocycles. The van der Waals surface area contributed by atoms with E-state index in [0.717, 1.165) is 11.3 Å². The average molecular weight is 404 g/mol. The van der Waals surface area contributed by atoms with E-state index in [0.29, 0.717) is 10.0 Å². The Morgan fingerprint density at radius 2 is 1.88 bits per heavy atom. The fourth-order valence-corrected chi connectivity index (χ4v) is 2.42. The molecule has 0 unspecified atom stereocenters. The minimum absolute atomic E-state index is 0.135. The first-order chi connectivity index (χ1) is 12.1. The summed E-state index contributed by atoms with van der Waals surface area (Å²) in [6.45, 7) is 0.226.